The van der Waals surface area contributed by atoms with E-state index in [0.29, 0.717) is 11.1 Å². The van der Waals surface area contributed by atoms with E-state index < -0.39 is 0 Å². The first-order valence-electron chi connectivity index (χ1n) is 3.80. The van der Waals surface area contributed by atoms with Gasteiger partial charge in [-0.3, -0.25) is 10.5 Å². The van der Waals surface area contributed by atoms with Crippen molar-refractivity contribution in [3.63, 3.8) is 0 Å². The number of fused-ring (bicyclic) bond motifs is 3. The fraction of sp³-hybridized carbons (Fsp3) is 0. The van der Waals surface area contributed by atoms with Crippen molar-refractivity contribution < 1.29 is 0 Å². The maximum atomic E-state index is 7.53. The van der Waals surface area contributed by atoms with E-state index >= 15 is 0 Å². The third-order valence-corrected chi connectivity index (χ3v) is 1.92. The Morgan fingerprint density at radius 2 is 2.15 bits per heavy atom. The number of rotatable bonds is 0. The summed E-state index contributed by atoms with van der Waals surface area (Å²) in [5.41, 5.74) is 1.78. The van der Waals surface area contributed by atoms with Crippen LogP contribution in [0.4, 0.5) is 0 Å². The van der Waals surface area contributed by atoms with Crippen LogP contribution >= 0.6 is 0 Å². The van der Waals surface area contributed by atoms with Gasteiger partial charge in [-0.2, -0.15) is 4.63 Å². The van der Waals surface area contributed by atoms with Crippen LogP contribution in [-0.4, -0.2) is 24.2 Å². The summed E-state index contributed by atoms with van der Waals surface area (Å²) in [5.74, 6) is 0. The molecule has 3 aromatic rings. The van der Waals surface area contributed by atoms with Gasteiger partial charge in [-0.15, -0.1) is 0 Å². The van der Waals surface area contributed by atoms with Crippen molar-refractivity contribution in [3.8, 4) is 0 Å². The van der Waals surface area contributed by atoms with Gasteiger partial charge in [0.2, 0.25) is 0 Å². The molecular formula is C7H6N6. The Bertz CT molecular complexity index is 627. The fourth-order valence-electron chi connectivity index (χ4n) is 1.35. The highest BCUT2D eigenvalue weighted by Gasteiger charge is 2.03. The van der Waals surface area contributed by atoms with Crippen molar-refractivity contribution in [3.05, 3.63) is 30.1 Å². The lowest BCUT2D eigenvalue weighted by atomic mass is 10.6. The summed E-state index contributed by atoms with van der Waals surface area (Å²) in [6.45, 7) is 0. The SMILES string of the molecule is N=c1ccn2c3nccnc3[nH]n12. The molecule has 6 nitrogen and oxygen atoms in total. The number of nitrogens with one attached hydrogen (secondary N) is 2. The highest BCUT2D eigenvalue weighted by Crippen LogP contribution is 2.01. The number of hydrogen-bond acceptors (Lipinski definition) is 3. The van der Waals surface area contributed by atoms with Gasteiger partial charge in [0.1, 0.15) is 0 Å². The molecule has 0 fully saturated rings. The molecule has 0 radical (unpaired) electrons. The molecule has 3 heterocycles. The Labute approximate surface area is 71.9 Å². The second-order valence-corrected chi connectivity index (χ2v) is 2.70. The van der Waals surface area contributed by atoms with E-state index in [9.17, 15) is 0 Å². The first kappa shape index (κ1) is 6.41. The van der Waals surface area contributed by atoms with E-state index in [4.69, 9.17) is 5.41 Å². The molecule has 0 atom stereocenters. The maximum Gasteiger partial charge on any atom is 0.198 e. The predicted octanol–water partition coefficient (Wildman–Crippen LogP) is -0.210. The molecule has 6 heteroatoms. The molecule has 3 rings (SSSR count). The molecule has 0 saturated heterocycles. The number of hydrogen-bond donors (Lipinski definition) is 2. The molecule has 0 unspecified atom stereocenters. The lowest BCUT2D eigenvalue weighted by molar-refractivity contribution is 0.715. The fourth-order valence-corrected chi connectivity index (χ4v) is 1.35. The van der Waals surface area contributed by atoms with Crippen LogP contribution in [0.2, 0.25) is 0 Å². The molecule has 0 aromatic carbocycles. The van der Waals surface area contributed by atoms with E-state index in [-0.39, 0.29) is 0 Å². The molecule has 13 heavy (non-hydrogen) atoms. The predicted molar refractivity (Wildman–Crippen MR) is 44.1 cm³/mol. The minimum atomic E-state index is 0.375. The third-order valence-electron chi connectivity index (χ3n) is 1.92. The van der Waals surface area contributed by atoms with E-state index in [0.717, 1.165) is 5.65 Å². The highest BCUT2D eigenvalue weighted by atomic mass is 15.5. The first-order chi connectivity index (χ1) is 6.36. The van der Waals surface area contributed by atoms with Crippen LogP contribution in [0.3, 0.4) is 0 Å². The van der Waals surface area contributed by atoms with Gasteiger partial charge < -0.3 is 0 Å². The van der Waals surface area contributed by atoms with Crippen LogP contribution in [0, 0.1) is 5.41 Å². The van der Waals surface area contributed by atoms with Gasteiger partial charge in [-0.05, 0) is 0 Å². The minimum absolute atomic E-state index is 0.375. The summed E-state index contributed by atoms with van der Waals surface area (Å²) in [4.78, 5) is 8.24. The maximum absolute atomic E-state index is 7.53. The minimum Gasteiger partial charge on any atom is -0.281 e. The molecule has 2 N–H and O–H groups in total. The Hall–Kier alpha value is -2.11. The van der Waals surface area contributed by atoms with Crippen LogP contribution in [-0.2, 0) is 0 Å². The molecule has 64 valence electrons. The lowest BCUT2D eigenvalue weighted by Gasteiger charge is -1.85. The number of H-pyrrole nitrogens is 1. The zero-order valence-electron chi connectivity index (χ0n) is 6.60. The average molecular weight is 174 g/mol. The topological polar surface area (TPSA) is 74.2 Å². The quantitative estimate of drug-likeness (QED) is 0.494. The summed E-state index contributed by atoms with van der Waals surface area (Å²) < 4.78 is 3.31. The molecule has 0 spiro atoms. The van der Waals surface area contributed by atoms with Gasteiger partial charge in [0.25, 0.3) is 0 Å². The van der Waals surface area contributed by atoms with E-state index in [1.807, 2.05) is 0 Å². The number of aromatic nitrogens is 5. The van der Waals surface area contributed by atoms with Crippen molar-refractivity contribution in [2.45, 2.75) is 0 Å². The molecule has 0 bridgehead atoms. The molecular weight excluding hydrogens is 168 g/mol. The summed E-state index contributed by atoms with van der Waals surface area (Å²) in [7, 11) is 0. The van der Waals surface area contributed by atoms with Crippen LogP contribution < -0.4 is 5.49 Å². The highest BCUT2D eigenvalue weighted by molar-refractivity contribution is 5.63. The Morgan fingerprint density at radius 1 is 1.31 bits per heavy atom. The normalized spacial score (nSPS) is 11.4. The van der Waals surface area contributed by atoms with E-state index in [1.165, 1.54) is 0 Å². The van der Waals surface area contributed by atoms with E-state index in [1.54, 1.807) is 33.8 Å². The van der Waals surface area contributed by atoms with Gasteiger partial charge in [0, 0.05) is 24.7 Å². The Balaban J connectivity index is 2.72. The molecule has 0 aliphatic rings. The largest absolute Gasteiger partial charge is 0.281 e. The monoisotopic (exact) mass is 174 g/mol. The second kappa shape index (κ2) is 1.98. The van der Waals surface area contributed by atoms with Gasteiger partial charge >= 0.3 is 0 Å². The van der Waals surface area contributed by atoms with Crippen molar-refractivity contribution >= 4 is 11.3 Å². The van der Waals surface area contributed by atoms with Crippen molar-refractivity contribution in [2.75, 3.05) is 0 Å². The molecule has 3 aromatic heterocycles. The molecule has 0 aliphatic heterocycles. The van der Waals surface area contributed by atoms with Crippen molar-refractivity contribution in [1.82, 2.24) is 24.2 Å². The van der Waals surface area contributed by atoms with Gasteiger partial charge in [0.15, 0.2) is 16.8 Å². The summed E-state index contributed by atoms with van der Waals surface area (Å²) >= 11 is 0. The number of aromatic amines is 1. The van der Waals surface area contributed by atoms with Gasteiger partial charge in [-0.1, -0.05) is 0 Å². The first-order valence-corrected chi connectivity index (χ1v) is 3.80. The molecule has 0 saturated carbocycles. The Morgan fingerprint density at radius 3 is 3.08 bits per heavy atom. The zero-order chi connectivity index (χ0) is 8.84. The summed E-state index contributed by atoms with van der Waals surface area (Å²) in [6.07, 6.45) is 5.01. The molecule has 0 aliphatic carbocycles. The smallest absolute Gasteiger partial charge is 0.198 e. The standard InChI is InChI=1S/C7H6N6/c8-5-1-4-12-7-6(11-13(5)12)9-2-3-10-7/h1-4,8H,(H,9,11). The third kappa shape index (κ3) is 0.689. The summed E-state index contributed by atoms with van der Waals surface area (Å²) in [6, 6.07) is 1.69. The zero-order valence-corrected chi connectivity index (χ0v) is 6.60. The summed E-state index contributed by atoms with van der Waals surface area (Å²) in [5, 5.41) is 10.5. The lowest BCUT2D eigenvalue weighted by Crippen LogP contribution is -2.09. The van der Waals surface area contributed by atoms with Crippen LogP contribution in [0.15, 0.2) is 24.7 Å². The van der Waals surface area contributed by atoms with E-state index in [2.05, 4.69) is 15.1 Å². The average Bonchev–Trinajstić information content (AvgIpc) is 2.67. The van der Waals surface area contributed by atoms with Crippen LogP contribution in [0.1, 0.15) is 0 Å². The number of nitrogens with zero attached hydrogens (tertiary/aromatic N) is 4. The van der Waals surface area contributed by atoms with Gasteiger partial charge in [0.05, 0.1) is 0 Å². The van der Waals surface area contributed by atoms with Crippen LogP contribution in [0.5, 0.6) is 0 Å². The van der Waals surface area contributed by atoms with Gasteiger partial charge in [-0.25, -0.2) is 14.5 Å². The second-order valence-electron chi connectivity index (χ2n) is 2.70. The Kier molecular flexibility index (Phi) is 0.974. The van der Waals surface area contributed by atoms with Crippen molar-refractivity contribution in [2.24, 2.45) is 0 Å². The van der Waals surface area contributed by atoms with Crippen LogP contribution in [0.25, 0.3) is 11.3 Å². The molecule has 0 amide bonds. The van der Waals surface area contributed by atoms with Crippen molar-refractivity contribution in [1.29, 1.82) is 5.41 Å².